The van der Waals surface area contributed by atoms with Crippen LogP contribution in [-0.2, 0) is 9.59 Å². The fraction of sp³-hybridized carbons (Fsp3) is 0.444. The first-order chi connectivity index (χ1) is 11.1. The number of amides is 2. The van der Waals surface area contributed by atoms with Gasteiger partial charge in [0.1, 0.15) is 5.82 Å². The fourth-order valence-corrected chi connectivity index (χ4v) is 3.19. The quantitative estimate of drug-likeness (QED) is 0.671. The second kappa shape index (κ2) is 7.04. The SMILES string of the molecule is O=C1C[C@H](NCCC2=CCCCC2)C(=O)N1c1ccc(F)cc1. The number of allylic oxidation sites excluding steroid dienone is 1. The van der Waals surface area contributed by atoms with Crippen molar-refractivity contribution in [3.8, 4) is 0 Å². The minimum atomic E-state index is -0.475. The monoisotopic (exact) mass is 316 g/mol. The van der Waals surface area contributed by atoms with E-state index in [9.17, 15) is 14.0 Å². The van der Waals surface area contributed by atoms with Gasteiger partial charge in [-0.15, -0.1) is 0 Å². The summed E-state index contributed by atoms with van der Waals surface area (Å²) in [5.74, 6) is -0.876. The van der Waals surface area contributed by atoms with Gasteiger partial charge in [-0.1, -0.05) is 11.6 Å². The number of hydrogen-bond acceptors (Lipinski definition) is 3. The van der Waals surface area contributed by atoms with Crippen LogP contribution in [0.1, 0.15) is 38.5 Å². The maximum absolute atomic E-state index is 13.0. The van der Waals surface area contributed by atoms with Crippen LogP contribution >= 0.6 is 0 Å². The largest absolute Gasteiger partial charge is 0.305 e. The van der Waals surface area contributed by atoms with Gasteiger partial charge >= 0.3 is 0 Å². The maximum atomic E-state index is 13.0. The van der Waals surface area contributed by atoms with Crippen molar-refractivity contribution in [1.29, 1.82) is 0 Å². The molecular formula is C18H21FN2O2. The van der Waals surface area contributed by atoms with Gasteiger partial charge < -0.3 is 5.32 Å². The summed E-state index contributed by atoms with van der Waals surface area (Å²) in [5.41, 5.74) is 1.87. The van der Waals surface area contributed by atoms with E-state index in [0.717, 1.165) is 24.2 Å². The molecule has 0 saturated carbocycles. The number of halogens is 1. The van der Waals surface area contributed by atoms with Crippen molar-refractivity contribution in [3.63, 3.8) is 0 Å². The average Bonchev–Trinajstić information content (AvgIpc) is 2.84. The summed E-state index contributed by atoms with van der Waals surface area (Å²) in [5, 5.41) is 3.19. The van der Waals surface area contributed by atoms with Gasteiger partial charge in [0, 0.05) is 0 Å². The van der Waals surface area contributed by atoms with Gasteiger partial charge in [0.05, 0.1) is 18.2 Å². The summed E-state index contributed by atoms with van der Waals surface area (Å²) >= 11 is 0. The average molecular weight is 316 g/mol. The van der Waals surface area contributed by atoms with Gasteiger partial charge in [0.25, 0.3) is 5.91 Å². The minimum Gasteiger partial charge on any atom is -0.305 e. The molecule has 2 amide bonds. The number of rotatable bonds is 5. The molecule has 3 rings (SSSR count). The number of benzene rings is 1. The summed E-state index contributed by atoms with van der Waals surface area (Å²) in [6.45, 7) is 0.701. The molecule has 122 valence electrons. The van der Waals surface area contributed by atoms with E-state index < -0.39 is 6.04 Å². The van der Waals surface area contributed by atoms with Crippen molar-refractivity contribution in [2.24, 2.45) is 0 Å². The summed E-state index contributed by atoms with van der Waals surface area (Å²) in [6.07, 6.45) is 8.17. The molecule has 1 aliphatic heterocycles. The maximum Gasteiger partial charge on any atom is 0.251 e. The Labute approximate surface area is 135 Å². The molecule has 1 atom stereocenters. The van der Waals surface area contributed by atoms with Crippen LogP contribution in [0.25, 0.3) is 0 Å². The van der Waals surface area contributed by atoms with Crippen molar-refractivity contribution in [2.45, 2.75) is 44.6 Å². The number of nitrogens with one attached hydrogen (secondary N) is 1. The fourth-order valence-electron chi connectivity index (χ4n) is 3.19. The predicted molar refractivity (Wildman–Crippen MR) is 86.5 cm³/mol. The molecule has 0 spiro atoms. The van der Waals surface area contributed by atoms with Crippen molar-refractivity contribution in [2.75, 3.05) is 11.4 Å². The molecule has 0 bridgehead atoms. The molecule has 1 aromatic rings. The Hall–Kier alpha value is -2.01. The minimum absolute atomic E-state index is 0.162. The van der Waals surface area contributed by atoms with E-state index in [1.54, 1.807) is 0 Å². The number of anilines is 1. The van der Waals surface area contributed by atoms with E-state index in [4.69, 9.17) is 0 Å². The van der Waals surface area contributed by atoms with Gasteiger partial charge in [-0.3, -0.25) is 9.59 Å². The van der Waals surface area contributed by atoms with Gasteiger partial charge in [-0.25, -0.2) is 9.29 Å². The van der Waals surface area contributed by atoms with E-state index in [2.05, 4.69) is 11.4 Å². The zero-order chi connectivity index (χ0) is 16.2. The van der Waals surface area contributed by atoms with Crippen molar-refractivity contribution < 1.29 is 14.0 Å². The number of carbonyl (C=O) groups is 2. The lowest BCUT2D eigenvalue weighted by Crippen LogP contribution is -2.39. The van der Waals surface area contributed by atoms with Crippen LogP contribution in [0.15, 0.2) is 35.9 Å². The molecule has 5 heteroatoms. The molecular weight excluding hydrogens is 295 g/mol. The van der Waals surface area contributed by atoms with Gasteiger partial charge in [0.2, 0.25) is 5.91 Å². The molecule has 0 unspecified atom stereocenters. The molecule has 1 aliphatic carbocycles. The Morgan fingerprint density at radius 1 is 1.17 bits per heavy atom. The Morgan fingerprint density at radius 2 is 1.96 bits per heavy atom. The van der Waals surface area contributed by atoms with E-state index in [1.165, 1.54) is 42.7 Å². The Kier molecular flexibility index (Phi) is 4.86. The smallest absolute Gasteiger partial charge is 0.251 e. The van der Waals surface area contributed by atoms with E-state index in [1.807, 2.05) is 0 Å². The Morgan fingerprint density at radius 3 is 2.65 bits per heavy atom. The zero-order valence-electron chi connectivity index (χ0n) is 13.1. The Bertz CT molecular complexity index is 624. The number of carbonyl (C=O) groups excluding carboxylic acids is 2. The van der Waals surface area contributed by atoms with Crippen LogP contribution in [0.4, 0.5) is 10.1 Å². The standard InChI is InChI=1S/C18H21FN2O2/c19-14-6-8-15(9-7-14)21-17(22)12-16(18(21)23)20-11-10-13-4-2-1-3-5-13/h4,6-9,16,20H,1-3,5,10-12H2/t16-/m0/s1. The molecule has 1 heterocycles. The van der Waals surface area contributed by atoms with Crippen molar-refractivity contribution >= 4 is 17.5 Å². The number of hydrogen-bond donors (Lipinski definition) is 1. The molecule has 0 radical (unpaired) electrons. The van der Waals surface area contributed by atoms with Gasteiger partial charge in [-0.05, 0) is 62.9 Å². The second-order valence-corrected chi connectivity index (χ2v) is 6.11. The third kappa shape index (κ3) is 3.67. The van der Waals surface area contributed by atoms with Crippen LogP contribution in [0.5, 0.6) is 0 Å². The van der Waals surface area contributed by atoms with Crippen LogP contribution < -0.4 is 10.2 Å². The lowest BCUT2D eigenvalue weighted by molar-refractivity contribution is -0.121. The first kappa shape index (κ1) is 15.9. The third-order valence-electron chi connectivity index (χ3n) is 4.45. The van der Waals surface area contributed by atoms with Crippen molar-refractivity contribution in [3.05, 3.63) is 41.7 Å². The second-order valence-electron chi connectivity index (χ2n) is 6.11. The predicted octanol–water partition coefficient (Wildman–Crippen LogP) is 2.94. The van der Waals surface area contributed by atoms with Crippen LogP contribution in [0.3, 0.4) is 0 Å². The first-order valence-electron chi connectivity index (χ1n) is 8.19. The van der Waals surface area contributed by atoms with E-state index in [-0.39, 0.29) is 24.1 Å². The molecule has 4 nitrogen and oxygen atoms in total. The lowest BCUT2D eigenvalue weighted by atomic mass is 9.97. The molecule has 0 aromatic heterocycles. The summed E-state index contributed by atoms with van der Waals surface area (Å²) in [7, 11) is 0. The first-order valence-corrected chi connectivity index (χ1v) is 8.19. The van der Waals surface area contributed by atoms with E-state index in [0.29, 0.717) is 12.2 Å². The van der Waals surface area contributed by atoms with Crippen molar-refractivity contribution in [1.82, 2.24) is 5.32 Å². The topological polar surface area (TPSA) is 49.4 Å². The highest BCUT2D eigenvalue weighted by Gasteiger charge is 2.39. The molecule has 1 N–H and O–H groups in total. The summed E-state index contributed by atoms with van der Waals surface area (Å²) < 4.78 is 13.0. The third-order valence-corrected chi connectivity index (χ3v) is 4.45. The highest BCUT2D eigenvalue weighted by atomic mass is 19.1. The van der Waals surface area contributed by atoms with Gasteiger partial charge in [0.15, 0.2) is 0 Å². The molecule has 2 aliphatic rings. The van der Waals surface area contributed by atoms with Crippen LogP contribution in [-0.4, -0.2) is 24.4 Å². The number of nitrogens with zero attached hydrogens (tertiary/aromatic N) is 1. The molecule has 1 aromatic carbocycles. The number of imide groups is 1. The molecule has 23 heavy (non-hydrogen) atoms. The summed E-state index contributed by atoms with van der Waals surface area (Å²) in [6, 6.07) is 4.95. The highest BCUT2D eigenvalue weighted by Crippen LogP contribution is 2.24. The Balaban J connectivity index is 1.57. The lowest BCUT2D eigenvalue weighted by Gasteiger charge is -2.16. The molecule has 1 fully saturated rings. The highest BCUT2D eigenvalue weighted by molar-refractivity contribution is 6.22. The normalized spacial score (nSPS) is 21.7. The zero-order valence-corrected chi connectivity index (χ0v) is 13.1. The van der Waals surface area contributed by atoms with Crippen LogP contribution in [0, 0.1) is 5.82 Å². The van der Waals surface area contributed by atoms with Crippen LogP contribution in [0.2, 0.25) is 0 Å². The summed E-state index contributed by atoms with van der Waals surface area (Å²) in [4.78, 5) is 25.7. The molecule has 1 saturated heterocycles. The van der Waals surface area contributed by atoms with E-state index >= 15 is 0 Å². The van der Waals surface area contributed by atoms with Gasteiger partial charge in [-0.2, -0.15) is 0 Å².